The van der Waals surface area contributed by atoms with Gasteiger partial charge < -0.3 is 14.6 Å². The van der Waals surface area contributed by atoms with E-state index in [4.69, 9.17) is 9.47 Å². The second-order valence-corrected chi connectivity index (χ2v) is 11.1. The van der Waals surface area contributed by atoms with Crippen molar-refractivity contribution in [3.63, 3.8) is 0 Å². The summed E-state index contributed by atoms with van der Waals surface area (Å²) in [6, 6.07) is 0. The molecule has 0 aromatic heterocycles. The van der Waals surface area contributed by atoms with Crippen molar-refractivity contribution in [2.24, 2.45) is 22.7 Å². The third-order valence-electron chi connectivity index (χ3n) is 9.16. The van der Waals surface area contributed by atoms with Crippen molar-refractivity contribution >= 4 is 28.6 Å². The number of hydrogen-bond donors (Lipinski definition) is 1. The number of rotatable bonds is 4. The monoisotopic (exact) mass is 446 g/mol. The fourth-order valence-electron chi connectivity index (χ4n) is 7.62. The normalized spacial score (nSPS) is 46.9. The molecule has 7 heteroatoms. The molecule has 4 aliphatic carbocycles. The molecule has 5 aliphatic rings. The molecule has 1 aliphatic heterocycles. The van der Waals surface area contributed by atoms with Crippen LogP contribution in [0.3, 0.4) is 0 Å². The summed E-state index contributed by atoms with van der Waals surface area (Å²) in [5.41, 5.74) is -1.29. The van der Waals surface area contributed by atoms with Crippen molar-refractivity contribution in [3.05, 3.63) is 23.8 Å². The summed E-state index contributed by atoms with van der Waals surface area (Å²) in [5.74, 6) is -0.271. The lowest BCUT2D eigenvalue weighted by atomic mass is 9.47. The van der Waals surface area contributed by atoms with Crippen LogP contribution in [0.2, 0.25) is 0 Å². The van der Waals surface area contributed by atoms with Gasteiger partial charge in [-0.3, -0.25) is 14.4 Å². The maximum atomic E-state index is 13.3. The number of esters is 1. The van der Waals surface area contributed by atoms with Crippen molar-refractivity contribution < 1.29 is 29.0 Å². The van der Waals surface area contributed by atoms with Crippen LogP contribution in [0, 0.1) is 22.7 Å². The fraction of sp³-hybridized carbons (Fsp3) is 0.708. The molecule has 1 spiro atoms. The molecule has 1 N–H and O–H groups in total. The summed E-state index contributed by atoms with van der Waals surface area (Å²) in [5, 5.41) is 9.20. The Morgan fingerprint density at radius 2 is 2.06 bits per heavy atom. The maximum Gasteiger partial charge on any atom is 0.306 e. The largest absolute Gasteiger partial charge is 0.449 e. The van der Waals surface area contributed by atoms with Gasteiger partial charge >= 0.3 is 5.97 Å². The lowest BCUT2D eigenvalue weighted by Gasteiger charge is -2.55. The molecule has 0 amide bonds. The van der Waals surface area contributed by atoms with Crippen molar-refractivity contribution in [1.29, 1.82) is 0 Å². The van der Waals surface area contributed by atoms with Crippen LogP contribution in [-0.4, -0.2) is 45.2 Å². The first-order chi connectivity index (χ1) is 14.7. The van der Waals surface area contributed by atoms with Gasteiger partial charge in [0.15, 0.2) is 11.4 Å². The summed E-state index contributed by atoms with van der Waals surface area (Å²) >= 11 is 0.835. The van der Waals surface area contributed by atoms with Gasteiger partial charge in [-0.1, -0.05) is 37.3 Å². The molecule has 6 nitrogen and oxygen atoms in total. The predicted octanol–water partition coefficient (Wildman–Crippen LogP) is 3.33. The number of ketones is 1. The Morgan fingerprint density at radius 1 is 1.29 bits per heavy atom. The first kappa shape index (κ1) is 21.4. The van der Waals surface area contributed by atoms with E-state index in [2.05, 4.69) is 13.8 Å². The van der Waals surface area contributed by atoms with Crippen LogP contribution >= 0.6 is 11.8 Å². The van der Waals surface area contributed by atoms with E-state index in [0.29, 0.717) is 12.8 Å². The van der Waals surface area contributed by atoms with Crippen molar-refractivity contribution in [2.45, 2.75) is 76.6 Å². The second-order valence-electron chi connectivity index (χ2n) is 10.1. The Hall–Kier alpha value is -1.44. The Labute approximate surface area is 186 Å². The van der Waals surface area contributed by atoms with Gasteiger partial charge in [0.25, 0.3) is 0 Å². The summed E-state index contributed by atoms with van der Waals surface area (Å²) in [4.78, 5) is 37.7. The van der Waals surface area contributed by atoms with Gasteiger partial charge in [0.2, 0.25) is 5.12 Å². The number of carbonyl (C=O) groups excluding carboxylic acids is 3. The molecule has 1 saturated heterocycles. The van der Waals surface area contributed by atoms with E-state index < -0.39 is 11.0 Å². The minimum absolute atomic E-state index is 0.0400. The van der Waals surface area contributed by atoms with E-state index in [1.54, 1.807) is 19.1 Å². The van der Waals surface area contributed by atoms with Crippen molar-refractivity contribution in [1.82, 2.24) is 0 Å². The van der Waals surface area contributed by atoms with Gasteiger partial charge in [0, 0.05) is 17.3 Å². The Morgan fingerprint density at radius 3 is 2.77 bits per heavy atom. The molecule has 168 valence electrons. The average molecular weight is 447 g/mol. The lowest BCUT2D eigenvalue weighted by Crippen LogP contribution is -2.61. The van der Waals surface area contributed by atoms with Crippen molar-refractivity contribution in [2.75, 3.05) is 5.94 Å². The van der Waals surface area contributed by atoms with Gasteiger partial charge in [-0.05, 0) is 63.0 Å². The topological polar surface area (TPSA) is 93.2 Å². The number of thioether (sulfide) groups is 1. The number of epoxide rings is 1. The molecule has 1 heterocycles. The van der Waals surface area contributed by atoms with Crippen LogP contribution in [0.15, 0.2) is 23.8 Å². The van der Waals surface area contributed by atoms with Gasteiger partial charge in [0.1, 0.15) is 5.60 Å². The highest BCUT2D eigenvalue weighted by atomic mass is 32.2. The number of aliphatic hydroxyl groups is 1. The van der Waals surface area contributed by atoms with Crippen LogP contribution in [0.25, 0.3) is 0 Å². The van der Waals surface area contributed by atoms with Crippen LogP contribution in [0.1, 0.15) is 59.3 Å². The zero-order chi connectivity index (χ0) is 22.2. The number of aliphatic hydroxyl groups excluding tert-OH is 1. The molecular weight excluding hydrogens is 416 g/mol. The molecule has 3 saturated carbocycles. The van der Waals surface area contributed by atoms with E-state index in [1.165, 1.54) is 0 Å². The molecule has 0 bridgehead atoms. The predicted molar refractivity (Wildman–Crippen MR) is 115 cm³/mol. The highest BCUT2D eigenvalue weighted by Crippen LogP contribution is 2.76. The molecule has 7 atom stereocenters. The standard InChI is InChI=1S/C24H30O6S/c1-4-19(27)30-23(20(28)31-13-25)10-8-16-17-6-5-14-11-15(26)7-9-21(14,2)24(17)18(29-24)12-22(16,23)3/h7,9,11,16-18,25H,4-6,8,10,12-13H2,1-3H3/t16?,17?,18-,21-,22-,23-,24?/m0/s1. The summed E-state index contributed by atoms with van der Waals surface area (Å²) in [6.45, 7) is 6.00. The Kier molecular flexibility index (Phi) is 4.68. The van der Waals surface area contributed by atoms with Crippen LogP contribution in [-0.2, 0) is 23.9 Å². The van der Waals surface area contributed by atoms with Gasteiger partial charge in [0.05, 0.1) is 12.0 Å². The molecule has 0 aromatic carbocycles. The fourth-order valence-corrected chi connectivity index (χ4v) is 8.35. The van der Waals surface area contributed by atoms with E-state index in [9.17, 15) is 19.5 Å². The van der Waals surface area contributed by atoms with Gasteiger partial charge in [-0.25, -0.2) is 0 Å². The number of fused-ring (bicyclic) bond motifs is 3. The second kappa shape index (κ2) is 6.78. The van der Waals surface area contributed by atoms with Crippen LogP contribution in [0.4, 0.5) is 0 Å². The number of hydrogen-bond acceptors (Lipinski definition) is 7. The third-order valence-corrected chi connectivity index (χ3v) is 9.88. The van der Waals surface area contributed by atoms with Crippen molar-refractivity contribution in [3.8, 4) is 0 Å². The Bertz CT molecular complexity index is 925. The van der Waals surface area contributed by atoms with Crippen LogP contribution in [0.5, 0.6) is 0 Å². The van der Waals surface area contributed by atoms with E-state index in [1.807, 2.05) is 6.08 Å². The zero-order valence-electron chi connectivity index (χ0n) is 18.3. The van der Waals surface area contributed by atoms with Crippen LogP contribution < -0.4 is 0 Å². The minimum atomic E-state index is -1.23. The smallest absolute Gasteiger partial charge is 0.306 e. The summed E-state index contributed by atoms with van der Waals surface area (Å²) in [6.07, 6.45) is 9.27. The van der Waals surface area contributed by atoms with Gasteiger partial charge in [-0.2, -0.15) is 0 Å². The molecule has 5 rings (SSSR count). The summed E-state index contributed by atoms with van der Waals surface area (Å²) < 4.78 is 12.5. The highest BCUT2D eigenvalue weighted by Gasteiger charge is 2.82. The molecule has 4 fully saturated rings. The number of ether oxygens (including phenoxy) is 2. The SMILES string of the molecule is CCC(=O)O[C@]1(C(=O)SCO)CCC2C3CCC4=CC(=O)C=C[C@]4(C)C34O[C@H]4C[C@@]21C. The maximum absolute atomic E-state index is 13.3. The van der Waals surface area contributed by atoms with E-state index in [0.717, 1.165) is 36.6 Å². The van der Waals surface area contributed by atoms with E-state index >= 15 is 0 Å². The number of carbonyl (C=O) groups is 3. The zero-order valence-corrected chi connectivity index (χ0v) is 19.1. The summed E-state index contributed by atoms with van der Waals surface area (Å²) in [7, 11) is 0. The average Bonchev–Trinajstić information content (AvgIpc) is 3.38. The Balaban J connectivity index is 1.56. The molecule has 0 radical (unpaired) electrons. The molecule has 3 unspecified atom stereocenters. The first-order valence-corrected chi connectivity index (χ1v) is 12.3. The van der Waals surface area contributed by atoms with Gasteiger partial charge in [-0.15, -0.1) is 0 Å². The lowest BCUT2D eigenvalue weighted by molar-refractivity contribution is -0.182. The quantitative estimate of drug-likeness (QED) is 0.402. The number of allylic oxidation sites excluding steroid dienone is 2. The first-order valence-electron chi connectivity index (χ1n) is 11.3. The third kappa shape index (κ3) is 2.51. The minimum Gasteiger partial charge on any atom is -0.449 e. The molecule has 31 heavy (non-hydrogen) atoms. The molecule has 0 aromatic rings. The highest BCUT2D eigenvalue weighted by molar-refractivity contribution is 8.13. The van der Waals surface area contributed by atoms with E-state index in [-0.39, 0.29) is 58.2 Å². The molecular formula is C24H30O6S.